The molecular weight excluding hydrogens is 267 g/mol. The zero-order chi connectivity index (χ0) is 14.4. The first-order valence-corrected chi connectivity index (χ1v) is 6.97. The van der Waals surface area contributed by atoms with Crippen molar-refractivity contribution < 1.29 is 9.18 Å². The molecule has 1 aliphatic rings. The number of imidazole rings is 1. The Hall–Kier alpha value is -2.49. The monoisotopic (exact) mass is 280 g/mol. The van der Waals surface area contributed by atoms with Crippen LogP contribution in [0.1, 0.15) is 28.5 Å². The summed E-state index contributed by atoms with van der Waals surface area (Å²) < 4.78 is 12.9. The number of halogens is 1. The van der Waals surface area contributed by atoms with Crippen molar-refractivity contribution in [2.24, 2.45) is 5.92 Å². The van der Waals surface area contributed by atoms with Gasteiger partial charge in [0.2, 0.25) is 5.78 Å². The summed E-state index contributed by atoms with van der Waals surface area (Å²) in [7, 11) is 0. The summed E-state index contributed by atoms with van der Waals surface area (Å²) in [6, 6.07) is 14.0. The van der Waals surface area contributed by atoms with Crippen LogP contribution in [-0.4, -0.2) is 15.8 Å². The molecule has 1 heterocycles. The van der Waals surface area contributed by atoms with Gasteiger partial charge in [-0.2, -0.15) is 0 Å². The second-order valence-electron chi connectivity index (χ2n) is 5.47. The third-order valence-electron chi connectivity index (χ3n) is 4.05. The predicted molar refractivity (Wildman–Crippen MR) is 77.7 cm³/mol. The number of aromatic amines is 1. The smallest absolute Gasteiger partial charge is 0.201 e. The number of ketones is 1. The van der Waals surface area contributed by atoms with E-state index >= 15 is 0 Å². The van der Waals surface area contributed by atoms with Gasteiger partial charge in [-0.1, -0.05) is 24.3 Å². The number of hydrogen-bond acceptors (Lipinski definition) is 2. The number of carbonyl (C=O) groups excluding carboxylic acids is 1. The highest BCUT2D eigenvalue weighted by molar-refractivity contribution is 5.99. The van der Waals surface area contributed by atoms with Crippen molar-refractivity contribution in [2.75, 3.05) is 0 Å². The number of benzene rings is 2. The van der Waals surface area contributed by atoms with Crippen LogP contribution in [0, 0.1) is 11.7 Å². The quantitative estimate of drug-likeness (QED) is 0.744. The van der Waals surface area contributed by atoms with Gasteiger partial charge in [-0.15, -0.1) is 0 Å². The lowest BCUT2D eigenvalue weighted by Gasteiger charge is -1.99. The fraction of sp³-hybridized carbons (Fsp3) is 0.176. The van der Waals surface area contributed by atoms with Crippen molar-refractivity contribution in [3.05, 3.63) is 65.7 Å². The molecule has 1 aromatic heterocycles. The average molecular weight is 280 g/mol. The lowest BCUT2D eigenvalue weighted by Crippen LogP contribution is -2.05. The number of para-hydroxylation sites is 2. The van der Waals surface area contributed by atoms with Gasteiger partial charge in [0.1, 0.15) is 5.82 Å². The number of nitrogens with zero attached hydrogens (tertiary/aromatic N) is 1. The largest absolute Gasteiger partial charge is 0.335 e. The average Bonchev–Trinajstić information content (AvgIpc) is 3.18. The van der Waals surface area contributed by atoms with Gasteiger partial charge in [0.05, 0.1) is 11.0 Å². The van der Waals surface area contributed by atoms with Gasteiger partial charge in [-0.25, -0.2) is 9.37 Å². The van der Waals surface area contributed by atoms with E-state index in [-0.39, 0.29) is 23.4 Å². The number of aromatic nitrogens is 2. The van der Waals surface area contributed by atoms with Crippen molar-refractivity contribution >= 4 is 16.8 Å². The maximum atomic E-state index is 12.9. The van der Waals surface area contributed by atoms with Gasteiger partial charge < -0.3 is 4.98 Å². The van der Waals surface area contributed by atoms with Crippen molar-refractivity contribution in [2.45, 2.75) is 12.3 Å². The van der Waals surface area contributed by atoms with Crippen LogP contribution in [0.4, 0.5) is 4.39 Å². The van der Waals surface area contributed by atoms with Gasteiger partial charge in [-0.05, 0) is 42.2 Å². The third kappa shape index (κ3) is 2.13. The van der Waals surface area contributed by atoms with Crippen LogP contribution in [-0.2, 0) is 0 Å². The van der Waals surface area contributed by atoms with E-state index < -0.39 is 0 Å². The molecule has 0 radical (unpaired) electrons. The first kappa shape index (κ1) is 12.3. The van der Waals surface area contributed by atoms with E-state index in [2.05, 4.69) is 9.97 Å². The minimum absolute atomic E-state index is 0.0422. The molecule has 1 fully saturated rings. The molecule has 2 atom stereocenters. The first-order chi connectivity index (χ1) is 10.2. The molecule has 3 aromatic rings. The first-order valence-electron chi connectivity index (χ1n) is 6.97. The normalized spacial score (nSPS) is 20.6. The Bertz CT molecular complexity index is 789. The van der Waals surface area contributed by atoms with Gasteiger partial charge in [0, 0.05) is 5.92 Å². The van der Waals surface area contributed by atoms with E-state index in [0.717, 1.165) is 23.0 Å². The molecule has 21 heavy (non-hydrogen) atoms. The third-order valence-corrected chi connectivity index (χ3v) is 4.05. The lowest BCUT2D eigenvalue weighted by molar-refractivity contribution is 0.0956. The Balaban J connectivity index is 1.57. The van der Waals surface area contributed by atoms with E-state index in [0.29, 0.717) is 5.82 Å². The summed E-state index contributed by atoms with van der Waals surface area (Å²) in [5.74, 6) is 0.355. The van der Waals surface area contributed by atoms with E-state index in [1.54, 1.807) is 12.1 Å². The zero-order valence-electron chi connectivity index (χ0n) is 11.2. The number of Topliss-reactive ketones (excluding diaryl/α,β-unsaturated/α-hetero) is 1. The number of hydrogen-bond donors (Lipinski definition) is 1. The summed E-state index contributed by atoms with van der Waals surface area (Å²) in [4.78, 5) is 19.9. The Kier molecular flexibility index (Phi) is 2.64. The van der Waals surface area contributed by atoms with Crippen molar-refractivity contribution in [1.82, 2.24) is 9.97 Å². The van der Waals surface area contributed by atoms with Crippen LogP contribution in [0.3, 0.4) is 0 Å². The molecule has 1 N–H and O–H groups in total. The second-order valence-corrected chi connectivity index (χ2v) is 5.47. The zero-order valence-corrected chi connectivity index (χ0v) is 11.2. The molecule has 1 saturated carbocycles. The Morgan fingerprint density at radius 3 is 2.67 bits per heavy atom. The van der Waals surface area contributed by atoms with E-state index in [1.165, 1.54) is 12.1 Å². The van der Waals surface area contributed by atoms with Crippen molar-refractivity contribution in [3.8, 4) is 0 Å². The summed E-state index contributed by atoms with van der Waals surface area (Å²) >= 11 is 0. The van der Waals surface area contributed by atoms with Crippen LogP contribution in [0.2, 0.25) is 0 Å². The highest BCUT2D eigenvalue weighted by Gasteiger charge is 2.45. The van der Waals surface area contributed by atoms with Crippen molar-refractivity contribution in [3.63, 3.8) is 0 Å². The van der Waals surface area contributed by atoms with Gasteiger partial charge >= 0.3 is 0 Å². The molecular formula is C17H13FN2O. The highest BCUT2D eigenvalue weighted by atomic mass is 19.1. The predicted octanol–water partition coefficient (Wildman–Crippen LogP) is 3.69. The number of H-pyrrole nitrogens is 1. The van der Waals surface area contributed by atoms with Crippen LogP contribution in [0.15, 0.2) is 48.5 Å². The molecule has 0 saturated heterocycles. The fourth-order valence-corrected chi connectivity index (χ4v) is 2.81. The van der Waals surface area contributed by atoms with E-state index in [9.17, 15) is 9.18 Å². The Labute approximate surface area is 120 Å². The Morgan fingerprint density at radius 1 is 1.14 bits per heavy atom. The number of fused-ring (bicyclic) bond motifs is 1. The molecule has 2 aromatic carbocycles. The minimum Gasteiger partial charge on any atom is -0.335 e. The van der Waals surface area contributed by atoms with Crippen LogP contribution in [0.5, 0.6) is 0 Å². The molecule has 0 unspecified atom stereocenters. The fourth-order valence-electron chi connectivity index (χ4n) is 2.81. The summed E-state index contributed by atoms with van der Waals surface area (Å²) in [6.07, 6.45) is 0.807. The summed E-state index contributed by atoms with van der Waals surface area (Å²) in [6.45, 7) is 0. The molecule has 1 aliphatic carbocycles. The second kappa shape index (κ2) is 4.52. The molecule has 3 nitrogen and oxygen atoms in total. The van der Waals surface area contributed by atoms with Crippen LogP contribution >= 0.6 is 0 Å². The summed E-state index contributed by atoms with van der Waals surface area (Å²) in [5.41, 5.74) is 2.70. The van der Waals surface area contributed by atoms with Gasteiger partial charge in [-0.3, -0.25) is 4.79 Å². The summed E-state index contributed by atoms with van der Waals surface area (Å²) in [5, 5.41) is 0. The van der Waals surface area contributed by atoms with Crippen molar-refractivity contribution in [1.29, 1.82) is 0 Å². The van der Waals surface area contributed by atoms with E-state index in [1.807, 2.05) is 24.3 Å². The molecule has 104 valence electrons. The highest BCUT2D eigenvalue weighted by Crippen LogP contribution is 2.48. The Morgan fingerprint density at radius 2 is 1.90 bits per heavy atom. The van der Waals surface area contributed by atoms with Crippen LogP contribution < -0.4 is 0 Å². The van der Waals surface area contributed by atoms with E-state index in [4.69, 9.17) is 0 Å². The topological polar surface area (TPSA) is 45.8 Å². The lowest BCUT2D eigenvalue weighted by atomic mass is 10.1. The standard InChI is InChI=1S/C17H13FN2O/c18-11-7-5-10(6-8-11)12-9-13(12)16(21)17-19-14-3-1-2-4-15(14)20-17/h1-8,12-13H,9H2,(H,19,20)/t12-,13+/m1/s1. The SMILES string of the molecule is O=C(c1nc2ccccc2[nH]1)[C@H]1C[C@@H]1c1ccc(F)cc1. The van der Waals surface area contributed by atoms with Gasteiger partial charge in [0.25, 0.3) is 0 Å². The number of nitrogens with one attached hydrogen (secondary N) is 1. The van der Waals surface area contributed by atoms with Crippen LogP contribution in [0.25, 0.3) is 11.0 Å². The molecule has 0 amide bonds. The minimum atomic E-state index is -0.250. The number of rotatable bonds is 3. The molecule has 0 bridgehead atoms. The molecule has 0 spiro atoms. The van der Waals surface area contributed by atoms with Gasteiger partial charge in [0.15, 0.2) is 5.82 Å². The maximum Gasteiger partial charge on any atom is 0.201 e. The maximum absolute atomic E-state index is 12.9. The molecule has 0 aliphatic heterocycles. The molecule has 4 heteroatoms. The number of carbonyl (C=O) groups is 1. The molecule has 4 rings (SSSR count).